The van der Waals surface area contributed by atoms with Gasteiger partial charge in [0, 0.05) is 92.9 Å². The fraction of sp³-hybridized carbons (Fsp3) is 0.413. The number of benzene rings is 3. The highest BCUT2D eigenvalue weighted by atomic mass is 35.5. The Morgan fingerprint density at radius 2 is 1.70 bits per heavy atom. The van der Waals surface area contributed by atoms with Gasteiger partial charge < -0.3 is 34.6 Å². The molecule has 3 fully saturated rings. The number of carbonyl (C=O) groups is 3. The van der Waals surface area contributed by atoms with Gasteiger partial charge in [0.1, 0.15) is 24.0 Å². The number of piperazine rings is 1. The number of imide groups is 1. The maximum atomic E-state index is 13.3. The highest BCUT2D eigenvalue weighted by Crippen LogP contribution is 2.39. The van der Waals surface area contributed by atoms with E-state index >= 15 is 0 Å². The predicted octanol–water partition coefficient (Wildman–Crippen LogP) is 6.71. The summed E-state index contributed by atoms with van der Waals surface area (Å²) in [6.45, 7) is 10.8. The van der Waals surface area contributed by atoms with Crippen LogP contribution in [0.25, 0.3) is 0 Å². The average Bonchev–Trinajstić information content (AvgIpc) is 3.62. The number of halogens is 2. The average molecular weight is 913 g/mol. The van der Waals surface area contributed by atoms with Crippen molar-refractivity contribution >= 4 is 82.2 Å². The largest absolute Gasteiger partial charge is 0.494 e. The van der Waals surface area contributed by atoms with Gasteiger partial charge in [-0.1, -0.05) is 47.2 Å². The SMILES string of the molecule is COc1cc(N2CCC(N3CCN(CCCC#Cc4ccc(Cl)c5c4CN(C4CCC(=O)NC4=O)C5=O)CC3)CC2)ccc1Nc1ncc(Cl)c(Nc2ccccc2P(C)(C)=O)n1. The summed E-state index contributed by atoms with van der Waals surface area (Å²) in [4.78, 5) is 55.6. The number of piperidine rings is 2. The molecular weight excluding hydrogens is 860 g/mol. The first-order chi connectivity index (χ1) is 30.4. The first-order valence-corrected chi connectivity index (χ1v) is 24.8. The fourth-order valence-electron chi connectivity index (χ4n) is 8.93. The lowest BCUT2D eigenvalue weighted by Gasteiger charge is -2.43. The molecule has 0 spiro atoms. The monoisotopic (exact) mass is 911 g/mol. The van der Waals surface area contributed by atoms with Gasteiger partial charge in [0.25, 0.3) is 5.91 Å². The number of fused-ring (bicyclic) bond motifs is 1. The number of para-hydroxylation sites is 1. The number of nitrogens with one attached hydrogen (secondary N) is 3. The number of hydrogen-bond acceptors (Lipinski definition) is 12. The Bertz CT molecular complexity index is 2510. The maximum absolute atomic E-state index is 13.3. The van der Waals surface area contributed by atoms with Crippen LogP contribution in [0.4, 0.5) is 28.8 Å². The molecule has 0 bridgehead atoms. The zero-order chi connectivity index (χ0) is 44.3. The molecule has 63 heavy (non-hydrogen) atoms. The van der Waals surface area contributed by atoms with Gasteiger partial charge in [-0.25, -0.2) is 4.98 Å². The number of methoxy groups -OCH3 is 1. The Labute approximate surface area is 378 Å². The highest BCUT2D eigenvalue weighted by molar-refractivity contribution is 7.70. The third-order valence-corrected chi connectivity index (χ3v) is 14.5. The van der Waals surface area contributed by atoms with Crippen molar-refractivity contribution < 1.29 is 23.7 Å². The van der Waals surface area contributed by atoms with Crippen molar-refractivity contribution in [2.45, 2.75) is 57.2 Å². The molecule has 14 nitrogen and oxygen atoms in total. The van der Waals surface area contributed by atoms with Crippen LogP contribution in [0.2, 0.25) is 10.0 Å². The molecule has 17 heteroatoms. The standard InChI is InChI=1S/C46H52Cl2N9O5P/c1-62-39-27-32(13-15-36(39)51-46-49-28-35(48)43(53-46)50-37-10-6-7-11-40(37)63(2,3)61)55-21-18-31(19-22-55)56-25-23-54(24-26-56)20-8-4-5-9-30-12-14-34(47)42-33(30)29-57(45(42)60)38-16-17-41(58)52-44(38)59/h6-7,10-15,27-28,31,38H,4,8,16-26,29H2,1-3H3,(H,52,58,59)(H2,49,50,51,53). The van der Waals surface area contributed by atoms with Crippen molar-refractivity contribution in [1.29, 1.82) is 0 Å². The van der Waals surface area contributed by atoms with Crippen LogP contribution in [0.5, 0.6) is 5.75 Å². The van der Waals surface area contributed by atoms with E-state index < -0.39 is 19.1 Å². The smallest absolute Gasteiger partial charge is 0.256 e. The molecule has 0 saturated carbocycles. The van der Waals surface area contributed by atoms with Crippen molar-refractivity contribution in [3.63, 3.8) is 0 Å². The molecule has 4 aliphatic heterocycles. The lowest BCUT2D eigenvalue weighted by Crippen LogP contribution is -2.53. The zero-order valence-corrected chi connectivity index (χ0v) is 38.2. The van der Waals surface area contributed by atoms with Crippen LogP contribution < -0.4 is 30.9 Å². The molecule has 3 amide bonds. The summed E-state index contributed by atoms with van der Waals surface area (Å²) < 4.78 is 18.7. The molecule has 3 aromatic carbocycles. The summed E-state index contributed by atoms with van der Waals surface area (Å²) >= 11 is 12.9. The Morgan fingerprint density at radius 1 is 0.921 bits per heavy atom. The van der Waals surface area contributed by atoms with Crippen LogP contribution in [0.15, 0.2) is 60.8 Å². The Balaban J connectivity index is 0.787. The number of hydrogen-bond donors (Lipinski definition) is 3. The predicted molar refractivity (Wildman–Crippen MR) is 249 cm³/mol. The van der Waals surface area contributed by atoms with Gasteiger partial charge in [-0.3, -0.25) is 24.6 Å². The highest BCUT2D eigenvalue weighted by Gasteiger charge is 2.41. The Morgan fingerprint density at radius 3 is 2.44 bits per heavy atom. The summed E-state index contributed by atoms with van der Waals surface area (Å²) in [5.41, 5.74) is 4.42. The minimum atomic E-state index is -2.55. The molecule has 5 heterocycles. The van der Waals surface area contributed by atoms with E-state index in [0.29, 0.717) is 51.3 Å². The molecule has 4 aliphatic rings. The van der Waals surface area contributed by atoms with E-state index in [2.05, 4.69) is 64.6 Å². The number of unbranched alkanes of at least 4 members (excludes halogenated alkanes) is 1. The lowest BCUT2D eigenvalue weighted by atomic mass is 10.0. The molecule has 0 radical (unpaired) electrons. The molecule has 1 atom stereocenters. The molecule has 4 aromatic rings. The van der Waals surface area contributed by atoms with Gasteiger partial charge in [-0.05, 0) is 82.0 Å². The Kier molecular flexibility index (Phi) is 13.6. The third kappa shape index (κ3) is 10.1. The van der Waals surface area contributed by atoms with Crippen molar-refractivity contribution in [1.82, 2.24) is 30.0 Å². The third-order valence-electron chi connectivity index (χ3n) is 12.3. The lowest BCUT2D eigenvalue weighted by molar-refractivity contribution is -0.136. The number of carbonyl (C=O) groups excluding carboxylic acids is 3. The van der Waals surface area contributed by atoms with E-state index in [-0.39, 0.29) is 24.8 Å². The van der Waals surface area contributed by atoms with Crippen molar-refractivity contribution in [2.75, 3.05) is 81.8 Å². The summed E-state index contributed by atoms with van der Waals surface area (Å²) in [6, 6.07) is 17.0. The number of rotatable bonds is 12. The second-order valence-corrected chi connectivity index (χ2v) is 20.7. The molecule has 1 unspecified atom stereocenters. The van der Waals surface area contributed by atoms with Gasteiger partial charge >= 0.3 is 0 Å². The van der Waals surface area contributed by atoms with E-state index in [0.717, 1.165) is 99.3 Å². The number of nitrogens with zero attached hydrogens (tertiary/aromatic N) is 6. The summed E-state index contributed by atoms with van der Waals surface area (Å²) in [7, 11) is -0.896. The molecule has 3 saturated heterocycles. The van der Waals surface area contributed by atoms with Gasteiger partial charge in [0.2, 0.25) is 17.8 Å². The molecular formula is C46H52Cl2N9O5P. The molecule has 8 rings (SSSR count). The first-order valence-electron chi connectivity index (χ1n) is 21.4. The van der Waals surface area contributed by atoms with Crippen LogP contribution in [0.3, 0.4) is 0 Å². The summed E-state index contributed by atoms with van der Waals surface area (Å²) in [5, 5.41) is 10.3. The van der Waals surface area contributed by atoms with Gasteiger partial charge in [-0.2, -0.15) is 4.98 Å². The molecule has 1 aromatic heterocycles. The minimum absolute atomic E-state index is 0.201. The number of amides is 3. The maximum Gasteiger partial charge on any atom is 0.256 e. The van der Waals surface area contributed by atoms with Crippen molar-refractivity contribution in [3.05, 3.63) is 87.5 Å². The van der Waals surface area contributed by atoms with Gasteiger partial charge in [0.05, 0.1) is 35.3 Å². The first kappa shape index (κ1) is 44.4. The fourth-order valence-corrected chi connectivity index (χ4v) is 10.5. The quantitative estimate of drug-likeness (QED) is 0.0600. The number of aromatic nitrogens is 2. The van der Waals surface area contributed by atoms with Crippen LogP contribution in [0, 0.1) is 11.8 Å². The van der Waals surface area contributed by atoms with E-state index in [9.17, 15) is 18.9 Å². The minimum Gasteiger partial charge on any atom is -0.494 e. The second kappa shape index (κ2) is 19.3. The number of ether oxygens (including phenoxy) is 1. The van der Waals surface area contributed by atoms with E-state index in [1.54, 1.807) is 26.5 Å². The van der Waals surface area contributed by atoms with Gasteiger partial charge in [-0.15, -0.1) is 0 Å². The molecule has 3 N–H and O–H groups in total. The molecule has 330 valence electrons. The summed E-state index contributed by atoms with van der Waals surface area (Å²) in [5.74, 6) is 6.95. The Hall–Kier alpha value is -5.16. The zero-order valence-electron chi connectivity index (χ0n) is 35.8. The van der Waals surface area contributed by atoms with Crippen molar-refractivity contribution in [3.8, 4) is 17.6 Å². The van der Waals surface area contributed by atoms with E-state index in [1.807, 2.05) is 36.4 Å². The summed E-state index contributed by atoms with van der Waals surface area (Å²) in [6.07, 6.45) is 5.89. The van der Waals surface area contributed by atoms with Gasteiger partial charge in [0.15, 0.2) is 5.82 Å². The van der Waals surface area contributed by atoms with Crippen LogP contribution in [0.1, 0.15) is 60.0 Å². The second-order valence-electron chi connectivity index (χ2n) is 16.7. The molecule has 0 aliphatic carbocycles. The van der Waals surface area contributed by atoms with E-state index in [1.165, 1.54) is 11.1 Å². The van der Waals surface area contributed by atoms with Crippen LogP contribution in [-0.4, -0.2) is 121 Å². The van der Waals surface area contributed by atoms with Crippen LogP contribution >= 0.6 is 30.3 Å². The van der Waals surface area contributed by atoms with Crippen LogP contribution in [-0.2, 0) is 20.7 Å². The normalized spacial score (nSPS) is 18.7. The number of anilines is 5. The van der Waals surface area contributed by atoms with E-state index in [4.69, 9.17) is 27.9 Å². The topological polar surface area (TPSA) is 152 Å². The van der Waals surface area contributed by atoms with Crippen molar-refractivity contribution in [2.24, 2.45) is 0 Å².